The van der Waals surface area contributed by atoms with Gasteiger partial charge in [0, 0.05) is 53.1 Å². The van der Waals surface area contributed by atoms with Crippen LogP contribution in [0.3, 0.4) is 0 Å². The molecule has 2 N–H and O–H groups in total. The summed E-state index contributed by atoms with van der Waals surface area (Å²) in [6, 6.07) is 3.08. The Morgan fingerprint density at radius 2 is 2.30 bits per heavy atom. The van der Waals surface area contributed by atoms with Crippen LogP contribution in [0.25, 0.3) is 0 Å². The summed E-state index contributed by atoms with van der Waals surface area (Å²) in [6.07, 6.45) is 2.41. The summed E-state index contributed by atoms with van der Waals surface area (Å²) in [5.41, 5.74) is 0. The van der Waals surface area contributed by atoms with Crippen LogP contribution in [0.5, 0.6) is 0 Å². The lowest BCUT2D eigenvalue weighted by atomic mass is 10.3. The molecule has 1 aromatic heterocycles. The molecule has 0 spiro atoms. The summed E-state index contributed by atoms with van der Waals surface area (Å²) in [5.74, 6) is 0.509. The molecule has 0 aliphatic carbocycles. The minimum Gasteiger partial charge on any atom is -0.383 e. The molecule has 1 aromatic rings. The van der Waals surface area contributed by atoms with Gasteiger partial charge in [0.1, 0.15) is 6.54 Å². The van der Waals surface area contributed by atoms with Crippen molar-refractivity contribution in [1.82, 2.24) is 20.5 Å². The van der Waals surface area contributed by atoms with E-state index in [9.17, 15) is 9.18 Å². The minimum absolute atomic E-state index is 0. The molecule has 1 saturated heterocycles. The van der Waals surface area contributed by atoms with Gasteiger partial charge < -0.3 is 25.2 Å². The molecule has 0 radical (unpaired) electrons. The summed E-state index contributed by atoms with van der Waals surface area (Å²) in [6.45, 7) is 2.47. The number of amides is 1. The SMILES string of the molecule is COCCNC(=NCC(=O)N(C)C)NC1CCN(c2ncccc2F)C1.I. The van der Waals surface area contributed by atoms with Crippen LogP contribution < -0.4 is 15.5 Å². The van der Waals surface area contributed by atoms with E-state index in [2.05, 4.69) is 20.6 Å². The number of nitrogens with zero attached hydrogens (tertiary/aromatic N) is 4. The van der Waals surface area contributed by atoms with Crippen LogP contribution >= 0.6 is 24.0 Å². The molecule has 1 unspecified atom stereocenters. The number of methoxy groups -OCH3 is 1. The Labute approximate surface area is 176 Å². The van der Waals surface area contributed by atoms with Crippen LogP contribution in [0.2, 0.25) is 0 Å². The molecular formula is C17H28FIN6O2. The van der Waals surface area contributed by atoms with Crippen molar-refractivity contribution in [2.24, 2.45) is 4.99 Å². The number of halogens is 2. The second kappa shape index (κ2) is 11.9. The number of carbonyl (C=O) groups excluding carboxylic acids is 1. The smallest absolute Gasteiger partial charge is 0.243 e. The second-order valence-corrected chi connectivity index (χ2v) is 6.26. The number of carbonyl (C=O) groups is 1. The lowest BCUT2D eigenvalue weighted by Crippen LogP contribution is -2.46. The molecule has 10 heteroatoms. The Morgan fingerprint density at radius 3 is 2.96 bits per heavy atom. The fourth-order valence-corrected chi connectivity index (χ4v) is 2.59. The Morgan fingerprint density at radius 1 is 1.52 bits per heavy atom. The number of guanidine groups is 1. The highest BCUT2D eigenvalue weighted by molar-refractivity contribution is 14.0. The first kappa shape index (κ1) is 23.3. The zero-order valence-corrected chi connectivity index (χ0v) is 18.3. The van der Waals surface area contributed by atoms with E-state index in [1.165, 1.54) is 11.0 Å². The van der Waals surface area contributed by atoms with Crippen LogP contribution in [0.4, 0.5) is 10.2 Å². The number of ether oxygens (including phenoxy) is 1. The number of hydrogen-bond acceptors (Lipinski definition) is 5. The van der Waals surface area contributed by atoms with Crippen molar-refractivity contribution in [2.45, 2.75) is 12.5 Å². The first-order chi connectivity index (χ1) is 12.5. The van der Waals surface area contributed by atoms with E-state index in [0.717, 1.165) is 6.42 Å². The van der Waals surface area contributed by atoms with Gasteiger partial charge >= 0.3 is 0 Å². The fraction of sp³-hybridized carbons (Fsp3) is 0.588. The molecule has 1 aliphatic heterocycles. The van der Waals surface area contributed by atoms with E-state index in [4.69, 9.17) is 4.74 Å². The number of rotatable bonds is 7. The molecule has 1 fully saturated rings. The van der Waals surface area contributed by atoms with Gasteiger partial charge in [-0.25, -0.2) is 14.4 Å². The predicted octanol–water partition coefficient (Wildman–Crippen LogP) is 0.687. The second-order valence-electron chi connectivity index (χ2n) is 6.26. The maximum atomic E-state index is 13.9. The van der Waals surface area contributed by atoms with E-state index in [1.807, 2.05) is 4.90 Å². The summed E-state index contributed by atoms with van der Waals surface area (Å²) >= 11 is 0. The predicted molar refractivity (Wildman–Crippen MR) is 114 cm³/mol. The fourth-order valence-electron chi connectivity index (χ4n) is 2.59. The lowest BCUT2D eigenvalue weighted by molar-refractivity contribution is -0.127. The molecule has 2 heterocycles. The topological polar surface area (TPSA) is 82.1 Å². The molecule has 1 atom stereocenters. The van der Waals surface area contributed by atoms with Gasteiger partial charge in [-0.15, -0.1) is 24.0 Å². The van der Waals surface area contributed by atoms with Crippen molar-refractivity contribution >= 4 is 41.7 Å². The molecular weight excluding hydrogens is 466 g/mol. The Bertz CT molecular complexity index is 631. The molecule has 0 saturated carbocycles. The van der Waals surface area contributed by atoms with Gasteiger partial charge in [0.25, 0.3) is 0 Å². The first-order valence-electron chi connectivity index (χ1n) is 8.60. The third-order valence-corrected chi connectivity index (χ3v) is 4.04. The first-order valence-corrected chi connectivity index (χ1v) is 8.60. The quantitative estimate of drug-likeness (QED) is 0.251. The zero-order chi connectivity index (χ0) is 18.9. The lowest BCUT2D eigenvalue weighted by Gasteiger charge is -2.20. The van der Waals surface area contributed by atoms with Crippen LogP contribution in [0, 0.1) is 5.82 Å². The average molecular weight is 494 g/mol. The Hall–Kier alpha value is -1.69. The van der Waals surface area contributed by atoms with Crippen LogP contribution in [-0.4, -0.2) is 81.8 Å². The third kappa shape index (κ3) is 7.45. The normalized spacial score (nSPS) is 16.7. The summed E-state index contributed by atoms with van der Waals surface area (Å²) in [7, 11) is 5.01. The highest BCUT2D eigenvalue weighted by atomic mass is 127. The molecule has 0 aromatic carbocycles. The van der Waals surface area contributed by atoms with E-state index in [-0.39, 0.29) is 48.3 Å². The van der Waals surface area contributed by atoms with Gasteiger partial charge in [-0.05, 0) is 18.6 Å². The van der Waals surface area contributed by atoms with Crippen molar-refractivity contribution in [3.63, 3.8) is 0 Å². The largest absolute Gasteiger partial charge is 0.383 e. The third-order valence-electron chi connectivity index (χ3n) is 4.04. The minimum atomic E-state index is -0.322. The van der Waals surface area contributed by atoms with Crippen LogP contribution in [0.15, 0.2) is 23.3 Å². The number of pyridine rings is 1. The Kier molecular flexibility index (Phi) is 10.3. The average Bonchev–Trinajstić information content (AvgIpc) is 3.08. The van der Waals surface area contributed by atoms with Crippen molar-refractivity contribution < 1.29 is 13.9 Å². The summed E-state index contributed by atoms with van der Waals surface area (Å²) in [5, 5.41) is 6.45. The Balaban J connectivity index is 0.00000364. The van der Waals surface area contributed by atoms with E-state index in [0.29, 0.717) is 38.0 Å². The van der Waals surface area contributed by atoms with Crippen molar-refractivity contribution in [3.8, 4) is 0 Å². The number of anilines is 1. The maximum absolute atomic E-state index is 13.9. The molecule has 1 amide bonds. The highest BCUT2D eigenvalue weighted by Gasteiger charge is 2.26. The van der Waals surface area contributed by atoms with E-state index in [1.54, 1.807) is 33.5 Å². The van der Waals surface area contributed by atoms with Gasteiger partial charge in [0.2, 0.25) is 5.91 Å². The molecule has 1 aliphatic rings. The highest BCUT2D eigenvalue weighted by Crippen LogP contribution is 2.20. The van der Waals surface area contributed by atoms with Gasteiger partial charge in [-0.3, -0.25) is 4.79 Å². The van der Waals surface area contributed by atoms with Gasteiger partial charge in [-0.1, -0.05) is 0 Å². The molecule has 2 rings (SSSR count). The molecule has 27 heavy (non-hydrogen) atoms. The van der Waals surface area contributed by atoms with Crippen LogP contribution in [0.1, 0.15) is 6.42 Å². The van der Waals surface area contributed by atoms with Crippen molar-refractivity contribution in [3.05, 3.63) is 24.1 Å². The number of aromatic nitrogens is 1. The number of hydrogen-bond donors (Lipinski definition) is 2. The maximum Gasteiger partial charge on any atom is 0.243 e. The molecule has 152 valence electrons. The standard InChI is InChI=1S/C17H27FN6O2.HI/c1-23(2)15(25)11-21-17(20-8-10-26-3)22-13-6-9-24(12-13)16-14(18)5-4-7-19-16;/h4-5,7,13H,6,8-12H2,1-3H3,(H2,20,21,22);1H. The zero-order valence-electron chi connectivity index (χ0n) is 15.9. The van der Waals surface area contributed by atoms with Gasteiger partial charge in [0.15, 0.2) is 17.6 Å². The monoisotopic (exact) mass is 494 g/mol. The van der Waals surface area contributed by atoms with Crippen molar-refractivity contribution in [1.29, 1.82) is 0 Å². The van der Waals surface area contributed by atoms with E-state index < -0.39 is 0 Å². The van der Waals surface area contributed by atoms with Gasteiger partial charge in [-0.2, -0.15) is 0 Å². The molecule has 8 nitrogen and oxygen atoms in total. The number of nitrogens with one attached hydrogen (secondary N) is 2. The van der Waals surface area contributed by atoms with Crippen LogP contribution in [-0.2, 0) is 9.53 Å². The number of likely N-dealkylation sites (N-methyl/N-ethyl adjacent to an activating group) is 1. The van der Waals surface area contributed by atoms with Gasteiger partial charge in [0.05, 0.1) is 6.61 Å². The van der Waals surface area contributed by atoms with E-state index >= 15 is 0 Å². The number of aliphatic imine (C=N–C) groups is 1. The summed E-state index contributed by atoms with van der Waals surface area (Å²) < 4.78 is 18.9. The van der Waals surface area contributed by atoms with Crippen molar-refractivity contribution in [2.75, 3.05) is 58.9 Å². The molecule has 0 bridgehead atoms. The summed E-state index contributed by atoms with van der Waals surface area (Å²) in [4.78, 5) is 23.6.